The Kier molecular flexibility index (Phi) is 3.35. The first-order valence-corrected chi connectivity index (χ1v) is 6.50. The molecule has 0 bridgehead atoms. The van der Waals surface area contributed by atoms with E-state index in [1.807, 2.05) is 27.7 Å². The molecule has 98 valence electrons. The monoisotopic (exact) mass is 287 g/mol. The summed E-state index contributed by atoms with van der Waals surface area (Å²) < 4.78 is 11.8. The molecule has 0 spiro atoms. The van der Waals surface area contributed by atoms with E-state index in [1.54, 1.807) is 12.1 Å². The fourth-order valence-corrected chi connectivity index (χ4v) is 2.22. The minimum absolute atomic E-state index is 0.374. The number of hydrogen-bond donors (Lipinski definition) is 1. The van der Waals surface area contributed by atoms with E-state index in [2.05, 4.69) is 0 Å². The molecule has 0 aromatic heterocycles. The van der Waals surface area contributed by atoms with Crippen LogP contribution in [0.3, 0.4) is 0 Å². The average Bonchev–Trinajstić information content (AvgIpc) is 2.44. The van der Waals surface area contributed by atoms with Crippen molar-refractivity contribution in [3.05, 3.63) is 22.2 Å². The summed E-state index contributed by atoms with van der Waals surface area (Å²) in [5, 5.41) is 0.819. The number of benzene rings is 1. The maximum absolute atomic E-state index is 6.02. The first-order valence-electron chi connectivity index (χ1n) is 5.74. The van der Waals surface area contributed by atoms with Gasteiger partial charge in [0.05, 0.1) is 26.9 Å². The van der Waals surface area contributed by atoms with E-state index in [-0.39, 0.29) is 0 Å². The Hall–Kier alpha value is -0.415. The van der Waals surface area contributed by atoms with Crippen LogP contribution in [-0.2, 0) is 9.31 Å². The van der Waals surface area contributed by atoms with Crippen LogP contribution in [0.15, 0.2) is 12.1 Å². The number of nitrogens with two attached hydrogens (primary N) is 1. The summed E-state index contributed by atoms with van der Waals surface area (Å²) in [6, 6.07) is 3.45. The molecule has 2 rings (SSSR count). The summed E-state index contributed by atoms with van der Waals surface area (Å²) in [5.41, 5.74) is 6.08. The van der Waals surface area contributed by atoms with Crippen LogP contribution in [0, 0.1) is 0 Å². The molecular formula is C12H16BCl2NO2. The molecule has 1 fully saturated rings. The molecule has 1 aromatic rings. The van der Waals surface area contributed by atoms with Crippen molar-refractivity contribution in [2.45, 2.75) is 38.9 Å². The second-order valence-electron chi connectivity index (χ2n) is 5.49. The molecule has 0 aliphatic carbocycles. The zero-order valence-corrected chi connectivity index (χ0v) is 12.4. The highest BCUT2D eigenvalue weighted by atomic mass is 35.5. The van der Waals surface area contributed by atoms with Gasteiger partial charge in [-0.05, 0) is 45.3 Å². The largest absolute Gasteiger partial charge is 0.494 e. The van der Waals surface area contributed by atoms with Crippen LogP contribution in [0.4, 0.5) is 5.69 Å². The summed E-state index contributed by atoms with van der Waals surface area (Å²) in [4.78, 5) is 0. The Morgan fingerprint density at radius 2 is 1.39 bits per heavy atom. The summed E-state index contributed by atoms with van der Waals surface area (Å²) in [5.74, 6) is 0. The van der Waals surface area contributed by atoms with Gasteiger partial charge in [-0.25, -0.2) is 0 Å². The van der Waals surface area contributed by atoms with E-state index in [1.165, 1.54) is 0 Å². The summed E-state index contributed by atoms with van der Waals surface area (Å²) in [6.07, 6.45) is 0. The predicted molar refractivity (Wildman–Crippen MR) is 76.6 cm³/mol. The van der Waals surface area contributed by atoms with Crippen LogP contribution in [0.2, 0.25) is 10.0 Å². The topological polar surface area (TPSA) is 44.5 Å². The fourth-order valence-electron chi connectivity index (χ4n) is 1.72. The number of halogens is 2. The number of anilines is 1. The highest BCUT2D eigenvalue weighted by molar-refractivity contribution is 6.63. The van der Waals surface area contributed by atoms with Crippen LogP contribution in [-0.4, -0.2) is 18.3 Å². The molecule has 1 aliphatic rings. The van der Waals surface area contributed by atoms with Crippen LogP contribution in [0.25, 0.3) is 0 Å². The third kappa shape index (κ3) is 2.23. The summed E-state index contributed by atoms with van der Waals surface area (Å²) >= 11 is 12.0. The maximum Gasteiger partial charge on any atom is 0.494 e. The average molecular weight is 288 g/mol. The Labute approximate surface area is 118 Å². The highest BCUT2D eigenvalue weighted by Crippen LogP contribution is 2.37. The van der Waals surface area contributed by atoms with E-state index in [0.717, 1.165) is 5.46 Å². The standard InChI is InChI=1S/C12H16BCl2NO2/c1-11(2)12(3,4)18-13(17-11)7-5-8(14)10(16)9(15)6-7/h5-6H,16H2,1-4H3. The van der Waals surface area contributed by atoms with Gasteiger partial charge >= 0.3 is 7.12 Å². The van der Waals surface area contributed by atoms with Gasteiger partial charge in [-0.15, -0.1) is 0 Å². The molecule has 6 heteroatoms. The molecule has 0 radical (unpaired) electrons. The van der Waals surface area contributed by atoms with Crippen molar-refractivity contribution in [3.63, 3.8) is 0 Å². The molecule has 0 atom stereocenters. The molecule has 1 heterocycles. The molecule has 1 aliphatic heterocycles. The normalized spacial score (nSPS) is 21.3. The van der Waals surface area contributed by atoms with Crippen molar-refractivity contribution in [2.24, 2.45) is 0 Å². The Morgan fingerprint density at radius 1 is 1.00 bits per heavy atom. The zero-order valence-electron chi connectivity index (χ0n) is 10.9. The summed E-state index contributed by atoms with van der Waals surface area (Å²) in [7, 11) is -0.481. The van der Waals surface area contributed by atoms with Crippen LogP contribution in [0.1, 0.15) is 27.7 Å². The van der Waals surface area contributed by atoms with Gasteiger partial charge in [0.25, 0.3) is 0 Å². The first-order chi connectivity index (χ1) is 8.14. The first kappa shape index (κ1) is 14.0. The van der Waals surface area contributed by atoms with Crippen LogP contribution < -0.4 is 11.2 Å². The molecule has 1 saturated heterocycles. The lowest BCUT2D eigenvalue weighted by Gasteiger charge is -2.32. The second-order valence-corrected chi connectivity index (χ2v) is 6.30. The minimum atomic E-state index is -0.481. The van der Waals surface area contributed by atoms with E-state index in [4.69, 9.17) is 38.2 Å². The number of rotatable bonds is 1. The molecule has 0 unspecified atom stereocenters. The molecule has 18 heavy (non-hydrogen) atoms. The lowest BCUT2D eigenvalue weighted by Crippen LogP contribution is -2.41. The maximum atomic E-state index is 6.02. The van der Waals surface area contributed by atoms with Gasteiger partial charge < -0.3 is 15.0 Å². The zero-order chi connectivity index (χ0) is 13.7. The third-order valence-electron chi connectivity index (χ3n) is 3.63. The highest BCUT2D eigenvalue weighted by Gasteiger charge is 2.51. The quantitative estimate of drug-likeness (QED) is 0.638. The van der Waals surface area contributed by atoms with E-state index < -0.39 is 18.3 Å². The van der Waals surface area contributed by atoms with Crippen LogP contribution >= 0.6 is 23.2 Å². The fraction of sp³-hybridized carbons (Fsp3) is 0.500. The molecule has 0 saturated carbocycles. The van der Waals surface area contributed by atoms with Gasteiger partial charge in [-0.2, -0.15) is 0 Å². The van der Waals surface area contributed by atoms with Crippen molar-refractivity contribution in [1.29, 1.82) is 0 Å². The Balaban J connectivity index is 2.36. The molecular weight excluding hydrogens is 272 g/mol. The van der Waals surface area contributed by atoms with Crippen molar-refractivity contribution in [2.75, 3.05) is 5.73 Å². The van der Waals surface area contributed by atoms with Gasteiger partial charge in [0, 0.05) is 0 Å². The van der Waals surface area contributed by atoms with E-state index >= 15 is 0 Å². The summed E-state index contributed by atoms with van der Waals surface area (Å²) in [6.45, 7) is 7.97. The van der Waals surface area contributed by atoms with Gasteiger partial charge in [0.1, 0.15) is 0 Å². The van der Waals surface area contributed by atoms with Gasteiger partial charge in [0.15, 0.2) is 0 Å². The number of nitrogen functional groups attached to an aromatic ring is 1. The van der Waals surface area contributed by atoms with Gasteiger partial charge in [-0.1, -0.05) is 23.2 Å². The van der Waals surface area contributed by atoms with Crippen molar-refractivity contribution >= 4 is 41.5 Å². The van der Waals surface area contributed by atoms with Crippen molar-refractivity contribution < 1.29 is 9.31 Å². The Morgan fingerprint density at radius 3 is 1.78 bits per heavy atom. The third-order valence-corrected chi connectivity index (χ3v) is 4.25. The second kappa shape index (κ2) is 4.31. The van der Waals surface area contributed by atoms with Gasteiger partial charge in [0.2, 0.25) is 0 Å². The van der Waals surface area contributed by atoms with E-state index in [9.17, 15) is 0 Å². The predicted octanol–water partition coefficient (Wildman–Crippen LogP) is 2.87. The number of hydrogen-bond acceptors (Lipinski definition) is 3. The molecule has 2 N–H and O–H groups in total. The molecule has 0 amide bonds. The lowest BCUT2D eigenvalue weighted by atomic mass is 9.79. The van der Waals surface area contributed by atoms with Gasteiger partial charge in [-0.3, -0.25) is 0 Å². The smallest absolute Gasteiger partial charge is 0.399 e. The Bertz CT molecular complexity index is 452. The molecule has 3 nitrogen and oxygen atoms in total. The van der Waals surface area contributed by atoms with E-state index in [0.29, 0.717) is 15.7 Å². The van der Waals surface area contributed by atoms with Crippen LogP contribution in [0.5, 0.6) is 0 Å². The minimum Gasteiger partial charge on any atom is -0.399 e. The van der Waals surface area contributed by atoms with Crippen molar-refractivity contribution in [3.8, 4) is 0 Å². The molecule has 1 aromatic carbocycles. The van der Waals surface area contributed by atoms with Crippen molar-refractivity contribution in [1.82, 2.24) is 0 Å². The lowest BCUT2D eigenvalue weighted by molar-refractivity contribution is 0.00578. The SMILES string of the molecule is CC1(C)OB(c2cc(Cl)c(N)c(Cl)c2)OC1(C)C.